The van der Waals surface area contributed by atoms with E-state index in [2.05, 4.69) is 9.71 Å². The number of piperidine rings is 1. The predicted octanol–water partition coefficient (Wildman–Crippen LogP) is 1.58. The van der Waals surface area contributed by atoms with Crippen molar-refractivity contribution in [1.29, 1.82) is 0 Å². The molecule has 1 aromatic rings. The van der Waals surface area contributed by atoms with Gasteiger partial charge in [0.1, 0.15) is 0 Å². The van der Waals surface area contributed by atoms with Crippen LogP contribution in [0.5, 0.6) is 0 Å². The van der Waals surface area contributed by atoms with E-state index in [0.29, 0.717) is 24.7 Å². The molecule has 118 valence electrons. The molecule has 0 atom stereocenters. The number of anilines is 1. The molecule has 0 saturated carbocycles. The molecule has 1 saturated heterocycles. The molecular weight excluding hydrogens is 322 g/mol. The second kappa shape index (κ2) is 6.29. The predicted molar refractivity (Wildman–Crippen MR) is 87.7 cm³/mol. The number of hydrogen-bond donors (Lipinski definition) is 1. The lowest BCUT2D eigenvalue weighted by molar-refractivity contribution is -0.119. The van der Waals surface area contributed by atoms with E-state index in [1.165, 1.54) is 23.9 Å². The average Bonchev–Trinajstić information content (AvgIpc) is 3.00. The monoisotopic (exact) mass is 339 g/mol. The van der Waals surface area contributed by atoms with Gasteiger partial charge in [-0.1, -0.05) is 11.8 Å². The molecular formula is C14H17N3O3S2. The summed E-state index contributed by atoms with van der Waals surface area (Å²) in [5.74, 6) is 0.894. The molecule has 6 nitrogen and oxygen atoms in total. The zero-order chi connectivity index (χ0) is 15.6. The summed E-state index contributed by atoms with van der Waals surface area (Å²) in [7, 11) is -3.61. The van der Waals surface area contributed by atoms with Gasteiger partial charge in [-0.25, -0.2) is 8.42 Å². The maximum atomic E-state index is 12.3. The molecule has 0 aliphatic carbocycles. The summed E-state index contributed by atoms with van der Waals surface area (Å²) in [6.07, 6.45) is 2.45. The van der Waals surface area contributed by atoms with E-state index in [1.807, 2.05) is 0 Å². The van der Waals surface area contributed by atoms with E-state index in [0.717, 1.165) is 24.3 Å². The third-order valence-electron chi connectivity index (χ3n) is 3.59. The minimum Gasteiger partial charge on any atom is -0.312 e. The number of nitrogens with one attached hydrogen (secondary N) is 1. The third kappa shape index (κ3) is 3.27. The zero-order valence-electron chi connectivity index (χ0n) is 12.0. The third-order valence-corrected chi connectivity index (χ3v) is 5.96. The summed E-state index contributed by atoms with van der Waals surface area (Å²) in [4.78, 5) is 17.9. The lowest BCUT2D eigenvalue weighted by atomic mass is 10.1. The van der Waals surface area contributed by atoms with Crippen molar-refractivity contribution >= 4 is 38.5 Å². The number of hydrogen-bond acceptors (Lipinski definition) is 5. The molecule has 2 aliphatic heterocycles. The minimum atomic E-state index is -3.61. The van der Waals surface area contributed by atoms with Crippen LogP contribution in [0.3, 0.4) is 0 Å². The molecule has 0 spiro atoms. The van der Waals surface area contributed by atoms with Crippen LogP contribution < -0.4 is 9.62 Å². The molecule has 3 rings (SSSR count). The first kappa shape index (κ1) is 15.4. The molecule has 1 aromatic carbocycles. The molecule has 0 aromatic heterocycles. The summed E-state index contributed by atoms with van der Waals surface area (Å²) in [5, 5.41) is 0.440. The van der Waals surface area contributed by atoms with Crippen LogP contribution in [-0.2, 0) is 14.8 Å². The number of aliphatic imine (C=N–C) groups is 1. The van der Waals surface area contributed by atoms with Gasteiger partial charge in [-0.05, 0) is 37.1 Å². The Kier molecular flexibility index (Phi) is 4.39. The summed E-state index contributed by atoms with van der Waals surface area (Å²) in [5.41, 5.74) is 0.747. The van der Waals surface area contributed by atoms with Gasteiger partial charge < -0.3 is 4.90 Å². The largest absolute Gasteiger partial charge is 0.312 e. The van der Waals surface area contributed by atoms with Crippen LogP contribution in [0.2, 0.25) is 0 Å². The normalized spacial score (nSPS) is 19.2. The number of nitrogens with zero attached hydrogens (tertiary/aromatic N) is 2. The maximum Gasteiger partial charge on any atom is 0.263 e. The van der Waals surface area contributed by atoms with Gasteiger partial charge in [-0.2, -0.15) is 0 Å². The number of sulfonamides is 1. The quantitative estimate of drug-likeness (QED) is 0.907. The molecule has 22 heavy (non-hydrogen) atoms. The smallest absolute Gasteiger partial charge is 0.263 e. The number of amides is 1. The Hall–Kier alpha value is -1.54. The highest BCUT2D eigenvalue weighted by atomic mass is 32.2. The molecule has 0 bridgehead atoms. The summed E-state index contributed by atoms with van der Waals surface area (Å²) in [6, 6.07) is 6.42. The van der Waals surface area contributed by atoms with Crippen LogP contribution in [0.25, 0.3) is 0 Å². The van der Waals surface area contributed by atoms with Crippen LogP contribution in [0.15, 0.2) is 34.2 Å². The number of benzene rings is 1. The Morgan fingerprint density at radius 1 is 1.18 bits per heavy atom. The average molecular weight is 339 g/mol. The summed E-state index contributed by atoms with van der Waals surface area (Å²) >= 11 is 1.40. The van der Waals surface area contributed by atoms with Crippen molar-refractivity contribution in [3.8, 4) is 0 Å². The van der Waals surface area contributed by atoms with E-state index in [-0.39, 0.29) is 10.8 Å². The summed E-state index contributed by atoms with van der Waals surface area (Å²) < 4.78 is 27.0. The zero-order valence-corrected chi connectivity index (χ0v) is 13.6. The van der Waals surface area contributed by atoms with Crippen molar-refractivity contribution in [3.63, 3.8) is 0 Å². The van der Waals surface area contributed by atoms with Gasteiger partial charge in [0.05, 0.1) is 11.4 Å². The van der Waals surface area contributed by atoms with Gasteiger partial charge in [0, 0.05) is 24.4 Å². The lowest BCUT2D eigenvalue weighted by Crippen LogP contribution is -2.35. The van der Waals surface area contributed by atoms with Gasteiger partial charge in [0.15, 0.2) is 5.17 Å². The maximum absolute atomic E-state index is 12.3. The lowest BCUT2D eigenvalue weighted by Gasteiger charge is -2.26. The Morgan fingerprint density at radius 2 is 1.95 bits per heavy atom. The molecule has 1 N–H and O–H groups in total. The second-order valence-electron chi connectivity index (χ2n) is 5.14. The minimum absolute atomic E-state index is 0.0942. The van der Waals surface area contributed by atoms with Crippen molar-refractivity contribution in [1.82, 2.24) is 4.72 Å². The number of rotatable bonds is 3. The Balaban J connectivity index is 1.77. The van der Waals surface area contributed by atoms with E-state index in [1.54, 1.807) is 17.0 Å². The van der Waals surface area contributed by atoms with Crippen molar-refractivity contribution in [2.24, 2.45) is 4.99 Å². The van der Waals surface area contributed by atoms with E-state index in [4.69, 9.17) is 0 Å². The number of amidine groups is 1. The van der Waals surface area contributed by atoms with Crippen LogP contribution >= 0.6 is 11.8 Å². The van der Waals surface area contributed by atoms with Crippen molar-refractivity contribution in [2.75, 3.05) is 23.7 Å². The fourth-order valence-corrected chi connectivity index (χ4v) is 4.48. The Bertz CT molecular complexity index is 699. The number of carbonyl (C=O) groups excluding carboxylic acids is 1. The molecule has 1 amide bonds. The van der Waals surface area contributed by atoms with Crippen molar-refractivity contribution in [3.05, 3.63) is 24.3 Å². The number of thioether (sulfide) groups is 1. The Labute approximate surface area is 134 Å². The van der Waals surface area contributed by atoms with Gasteiger partial charge in [0.25, 0.3) is 10.0 Å². The van der Waals surface area contributed by atoms with E-state index < -0.39 is 10.0 Å². The number of carbonyl (C=O) groups is 1. The van der Waals surface area contributed by atoms with Gasteiger partial charge >= 0.3 is 0 Å². The topological polar surface area (TPSA) is 78.8 Å². The molecule has 0 radical (unpaired) electrons. The molecule has 2 heterocycles. The first-order valence-electron chi connectivity index (χ1n) is 7.17. The van der Waals surface area contributed by atoms with Gasteiger partial charge in [-0.3, -0.25) is 14.5 Å². The van der Waals surface area contributed by atoms with Crippen molar-refractivity contribution in [2.45, 2.75) is 24.2 Å². The first-order valence-corrected chi connectivity index (χ1v) is 9.64. The highest BCUT2D eigenvalue weighted by Crippen LogP contribution is 2.23. The summed E-state index contributed by atoms with van der Waals surface area (Å²) in [6.45, 7) is 1.33. The van der Waals surface area contributed by atoms with Gasteiger partial charge in [-0.15, -0.1) is 0 Å². The molecule has 0 unspecified atom stereocenters. The van der Waals surface area contributed by atoms with Crippen molar-refractivity contribution < 1.29 is 13.2 Å². The van der Waals surface area contributed by atoms with E-state index >= 15 is 0 Å². The van der Waals surface area contributed by atoms with E-state index in [9.17, 15) is 13.2 Å². The fraction of sp³-hybridized carbons (Fsp3) is 0.429. The van der Waals surface area contributed by atoms with Crippen LogP contribution in [0, 0.1) is 0 Å². The highest BCUT2D eigenvalue weighted by Gasteiger charge is 2.22. The first-order chi connectivity index (χ1) is 10.6. The Morgan fingerprint density at radius 3 is 2.59 bits per heavy atom. The highest BCUT2D eigenvalue weighted by molar-refractivity contribution is 8.15. The second-order valence-corrected chi connectivity index (χ2v) is 7.90. The molecule has 1 fully saturated rings. The SMILES string of the molecule is O=C1CCCCN1c1ccc(S(=O)(=O)NC2=NCCS2)cc1. The van der Waals surface area contributed by atoms with Crippen LogP contribution in [0.4, 0.5) is 5.69 Å². The molecule has 8 heteroatoms. The fourth-order valence-electron chi connectivity index (χ4n) is 2.45. The van der Waals surface area contributed by atoms with Gasteiger partial charge in [0.2, 0.25) is 5.91 Å². The molecule has 2 aliphatic rings. The van der Waals surface area contributed by atoms with Crippen LogP contribution in [0.1, 0.15) is 19.3 Å². The van der Waals surface area contributed by atoms with Crippen LogP contribution in [-0.4, -0.2) is 38.3 Å². The standard InChI is InChI=1S/C14H17N3O3S2/c18-13-3-1-2-9-17(13)11-4-6-12(7-5-11)22(19,20)16-14-15-8-10-21-14/h4-7H,1-3,8-10H2,(H,15,16).